The molecule has 1 rings (SSSR count). The van der Waals surface area contributed by atoms with Gasteiger partial charge < -0.3 is 9.84 Å². The van der Waals surface area contributed by atoms with Crippen LogP contribution in [0.5, 0.6) is 5.75 Å². The minimum atomic E-state index is -0.786. The molecule has 0 spiro atoms. The number of aryl methyl sites for hydroxylation is 1. The van der Waals surface area contributed by atoms with Crippen LogP contribution in [0.25, 0.3) is 0 Å². The topological polar surface area (TPSA) is 46.5 Å². The average molecular weight is 329 g/mol. The van der Waals surface area contributed by atoms with Crippen molar-refractivity contribution in [3.05, 3.63) is 27.7 Å². The van der Waals surface area contributed by atoms with Gasteiger partial charge in [-0.2, -0.15) is 0 Å². The van der Waals surface area contributed by atoms with E-state index in [1.165, 1.54) is 0 Å². The molecule has 0 saturated heterocycles. The van der Waals surface area contributed by atoms with Crippen molar-refractivity contribution in [1.29, 1.82) is 0 Å². The van der Waals surface area contributed by atoms with Gasteiger partial charge in [-0.3, -0.25) is 4.79 Å². The highest BCUT2D eigenvalue weighted by Gasteiger charge is 2.20. The van der Waals surface area contributed by atoms with Gasteiger partial charge in [0.2, 0.25) is 0 Å². The zero-order valence-corrected chi connectivity index (χ0v) is 13.5. The maximum Gasteiger partial charge on any atom is 0.303 e. The first-order valence-electron chi connectivity index (χ1n) is 6.37. The summed E-state index contributed by atoms with van der Waals surface area (Å²) in [6.45, 7) is 8.84. The summed E-state index contributed by atoms with van der Waals surface area (Å²) in [5.41, 5.74) is 2.22. The van der Waals surface area contributed by atoms with Crippen LogP contribution in [0, 0.1) is 6.92 Å². The second-order valence-electron chi connectivity index (χ2n) is 5.69. The lowest BCUT2D eigenvalue weighted by Gasteiger charge is -2.24. The number of carboxylic acid groups (broad SMARTS) is 1. The average Bonchev–Trinajstić information content (AvgIpc) is 2.27. The highest BCUT2D eigenvalue weighted by Crippen LogP contribution is 2.35. The second-order valence-corrected chi connectivity index (χ2v) is 6.55. The molecule has 3 nitrogen and oxygen atoms in total. The van der Waals surface area contributed by atoms with Gasteiger partial charge in [0.15, 0.2) is 0 Å². The fourth-order valence-corrected chi connectivity index (χ4v) is 2.11. The third-order valence-electron chi connectivity index (χ3n) is 2.86. The first-order chi connectivity index (χ1) is 8.71. The number of carboxylic acids is 1. The van der Waals surface area contributed by atoms with Crippen molar-refractivity contribution in [3.8, 4) is 5.75 Å². The summed E-state index contributed by atoms with van der Waals surface area (Å²) in [7, 11) is 0. The monoisotopic (exact) mass is 328 g/mol. The standard InChI is InChI=1S/C15H21BrO3/c1-10-8-13(19-7-5-6-14(17)18)11(9-12(10)16)15(2,3)4/h8-9H,5-7H2,1-4H3,(H,17,18). The van der Waals surface area contributed by atoms with Crippen LogP contribution in [0.2, 0.25) is 0 Å². The van der Waals surface area contributed by atoms with Crippen molar-refractivity contribution < 1.29 is 14.6 Å². The molecule has 106 valence electrons. The Morgan fingerprint density at radius 2 is 2.00 bits per heavy atom. The summed E-state index contributed by atoms with van der Waals surface area (Å²) in [5, 5.41) is 8.61. The molecule has 0 fully saturated rings. The van der Waals surface area contributed by atoms with Gasteiger partial charge in [-0.25, -0.2) is 0 Å². The Kier molecular flexibility index (Phi) is 5.41. The molecule has 0 bridgehead atoms. The molecule has 0 aliphatic heterocycles. The molecule has 19 heavy (non-hydrogen) atoms. The minimum Gasteiger partial charge on any atom is -0.493 e. The molecule has 0 radical (unpaired) electrons. The molecule has 1 aromatic rings. The number of ether oxygens (including phenoxy) is 1. The van der Waals surface area contributed by atoms with Crippen molar-refractivity contribution in [2.45, 2.75) is 46.0 Å². The second kappa shape index (κ2) is 6.42. The first kappa shape index (κ1) is 16.0. The third kappa shape index (κ3) is 4.86. The molecule has 0 atom stereocenters. The van der Waals surface area contributed by atoms with Crippen LogP contribution in [0.1, 0.15) is 44.7 Å². The lowest BCUT2D eigenvalue weighted by molar-refractivity contribution is -0.137. The van der Waals surface area contributed by atoms with E-state index in [0.29, 0.717) is 13.0 Å². The van der Waals surface area contributed by atoms with Crippen LogP contribution in [-0.4, -0.2) is 17.7 Å². The first-order valence-corrected chi connectivity index (χ1v) is 7.16. The van der Waals surface area contributed by atoms with Crippen LogP contribution < -0.4 is 4.74 Å². The maximum absolute atomic E-state index is 10.5. The Bertz CT molecular complexity index is 461. The Morgan fingerprint density at radius 3 is 2.53 bits per heavy atom. The number of benzene rings is 1. The fraction of sp³-hybridized carbons (Fsp3) is 0.533. The Labute approximate surface area is 123 Å². The summed E-state index contributed by atoms with van der Waals surface area (Å²) in [5.74, 6) is 0.0604. The van der Waals surface area contributed by atoms with Gasteiger partial charge in [-0.15, -0.1) is 0 Å². The number of hydrogen-bond acceptors (Lipinski definition) is 2. The van der Waals surface area contributed by atoms with E-state index in [0.717, 1.165) is 21.3 Å². The molecule has 0 aromatic heterocycles. The van der Waals surface area contributed by atoms with Crippen LogP contribution in [0.4, 0.5) is 0 Å². The van der Waals surface area contributed by atoms with Crippen LogP contribution >= 0.6 is 15.9 Å². The zero-order valence-electron chi connectivity index (χ0n) is 11.9. The van der Waals surface area contributed by atoms with E-state index in [1.807, 2.05) is 13.0 Å². The number of aliphatic carboxylic acids is 1. The highest BCUT2D eigenvalue weighted by molar-refractivity contribution is 9.10. The van der Waals surface area contributed by atoms with Crippen molar-refractivity contribution in [3.63, 3.8) is 0 Å². The SMILES string of the molecule is Cc1cc(OCCCC(=O)O)c(C(C)(C)C)cc1Br. The number of carbonyl (C=O) groups is 1. The molecule has 4 heteroatoms. The molecule has 1 aromatic carbocycles. The lowest BCUT2D eigenvalue weighted by atomic mass is 9.86. The third-order valence-corrected chi connectivity index (χ3v) is 3.72. The van der Waals surface area contributed by atoms with Gasteiger partial charge in [0.1, 0.15) is 5.75 Å². The Hall–Kier alpha value is -1.03. The van der Waals surface area contributed by atoms with E-state index in [4.69, 9.17) is 9.84 Å². The predicted molar refractivity (Wildman–Crippen MR) is 79.9 cm³/mol. The number of hydrogen-bond donors (Lipinski definition) is 1. The Morgan fingerprint density at radius 1 is 1.37 bits per heavy atom. The zero-order chi connectivity index (χ0) is 14.6. The summed E-state index contributed by atoms with van der Waals surface area (Å²) < 4.78 is 6.83. The quantitative estimate of drug-likeness (QED) is 0.819. The van der Waals surface area contributed by atoms with Crippen LogP contribution in [0.3, 0.4) is 0 Å². The van der Waals surface area contributed by atoms with Gasteiger partial charge in [0.25, 0.3) is 0 Å². The van der Waals surface area contributed by atoms with E-state index >= 15 is 0 Å². The van der Waals surface area contributed by atoms with Gasteiger partial charge in [-0.1, -0.05) is 36.7 Å². The van der Waals surface area contributed by atoms with Crippen molar-refractivity contribution >= 4 is 21.9 Å². The van der Waals surface area contributed by atoms with Gasteiger partial charge in [0.05, 0.1) is 6.61 Å². The Balaban J connectivity index is 2.86. The van der Waals surface area contributed by atoms with Crippen molar-refractivity contribution in [1.82, 2.24) is 0 Å². The molecule has 0 heterocycles. The molecular weight excluding hydrogens is 308 g/mol. The normalized spacial score (nSPS) is 11.4. The van der Waals surface area contributed by atoms with E-state index in [2.05, 4.69) is 42.8 Å². The molecule has 0 unspecified atom stereocenters. The van der Waals surface area contributed by atoms with Crippen LogP contribution in [0.15, 0.2) is 16.6 Å². The molecule has 0 aliphatic rings. The van der Waals surface area contributed by atoms with Crippen molar-refractivity contribution in [2.75, 3.05) is 6.61 Å². The largest absolute Gasteiger partial charge is 0.493 e. The molecule has 0 amide bonds. The molecular formula is C15H21BrO3. The van der Waals surface area contributed by atoms with E-state index < -0.39 is 5.97 Å². The summed E-state index contributed by atoms with van der Waals surface area (Å²) >= 11 is 3.54. The van der Waals surface area contributed by atoms with Crippen LogP contribution in [-0.2, 0) is 10.2 Å². The van der Waals surface area contributed by atoms with Gasteiger partial charge in [-0.05, 0) is 36.5 Å². The fourth-order valence-electron chi connectivity index (χ4n) is 1.77. The lowest BCUT2D eigenvalue weighted by Crippen LogP contribution is -2.14. The molecule has 1 N–H and O–H groups in total. The van der Waals surface area contributed by atoms with E-state index in [-0.39, 0.29) is 11.8 Å². The highest BCUT2D eigenvalue weighted by atomic mass is 79.9. The van der Waals surface area contributed by atoms with E-state index in [1.54, 1.807) is 0 Å². The minimum absolute atomic E-state index is 0.0155. The summed E-state index contributed by atoms with van der Waals surface area (Å²) in [6, 6.07) is 4.09. The number of halogens is 1. The predicted octanol–water partition coefficient (Wildman–Crippen LogP) is 4.30. The smallest absolute Gasteiger partial charge is 0.303 e. The maximum atomic E-state index is 10.5. The van der Waals surface area contributed by atoms with Crippen molar-refractivity contribution in [2.24, 2.45) is 0 Å². The molecule has 0 aliphatic carbocycles. The van der Waals surface area contributed by atoms with E-state index in [9.17, 15) is 4.79 Å². The summed E-state index contributed by atoms with van der Waals surface area (Å²) in [6.07, 6.45) is 0.661. The summed E-state index contributed by atoms with van der Waals surface area (Å²) in [4.78, 5) is 10.5. The van der Waals surface area contributed by atoms with Gasteiger partial charge >= 0.3 is 5.97 Å². The van der Waals surface area contributed by atoms with Gasteiger partial charge in [0, 0.05) is 16.5 Å². The number of rotatable bonds is 5. The molecule has 0 saturated carbocycles.